The summed E-state index contributed by atoms with van der Waals surface area (Å²) in [5, 5.41) is 3.23. The number of carbonyl (C=O) groups excluding carboxylic acids is 1. The van der Waals surface area contributed by atoms with E-state index in [4.69, 9.17) is 5.73 Å². The van der Waals surface area contributed by atoms with Crippen LogP contribution in [0, 0.1) is 0 Å². The molecule has 1 amide bonds. The number of benzene rings is 1. The number of anilines is 1. The van der Waals surface area contributed by atoms with Gasteiger partial charge >= 0.3 is 0 Å². The van der Waals surface area contributed by atoms with Crippen molar-refractivity contribution < 1.29 is 4.79 Å². The van der Waals surface area contributed by atoms with Crippen LogP contribution >= 0.6 is 0 Å². The molecule has 1 aromatic rings. The predicted molar refractivity (Wildman–Crippen MR) is 62.7 cm³/mol. The molecule has 1 aromatic carbocycles. The summed E-state index contributed by atoms with van der Waals surface area (Å²) in [6.45, 7) is 2.76. The normalized spacial score (nSPS) is 9.93. The molecule has 15 heavy (non-hydrogen) atoms. The van der Waals surface area contributed by atoms with Gasteiger partial charge in [0.15, 0.2) is 0 Å². The quantitative estimate of drug-likeness (QED) is 0.747. The van der Waals surface area contributed by atoms with Gasteiger partial charge in [-0.2, -0.15) is 0 Å². The summed E-state index contributed by atoms with van der Waals surface area (Å²) in [4.78, 5) is 10.6. The third-order valence-corrected chi connectivity index (χ3v) is 2.22. The van der Waals surface area contributed by atoms with E-state index in [0.29, 0.717) is 13.0 Å². The highest BCUT2D eigenvalue weighted by Gasteiger charge is 2.00. The molecule has 0 saturated carbocycles. The van der Waals surface area contributed by atoms with E-state index in [0.717, 1.165) is 18.5 Å². The summed E-state index contributed by atoms with van der Waals surface area (Å²) >= 11 is 0. The highest BCUT2D eigenvalue weighted by atomic mass is 16.1. The maximum atomic E-state index is 10.6. The predicted octanol–water partition coefficient (Wildman–Crippen LogP) is 1.93. The monoisotopic (exact) mass is 206 g/mol. The molecule has 3 N–H and O–H groups in total. The Bertz CT molecular complexity index is 323. The first-order chi connectivity index (χ1) is 7.24. The summed E-state index contributed by atoms with van der Waals surface area (Å²) in [7, 11) is 0. The minimum absolute atomic E-state index is 0.268. The van der Waals surface area contributed by atoms with Crippen molar-refractivity contribution in [1.29, 1.82) is 0 Å². The van der Waals surface area contributed by atoms with Crippen LogP contribution < -0.4 is 11.1 Å². The van der Waals surface area contributed by atoms with Gasteiger partial charge in [-0.25, -0.2) is 0 Å². The van der Waals surface area contributed by atoms with Crippen LogP contribution in [0.3, 0.4) is 0 Å². The molecule has 0 atom stereocenters. The number of rotatable bonds is 6. The van der Waals surface area contributed by atoms with Crippen molar-refractivity contribution in [3.63, 3.8) is 0 Å². The largest absolute Gasteiger partial charge is 0.384 e. The van der Waals surface area contributed by atoms with E-state index in [1.54, 1.807) is 0 Å². The number of primary amides is 1. The summed E-state index contributed by atoms with van der Waals surface area (Å²) in [6.07, 6.45) is 2.55. The molecule has 0 fully saturated rings. The highest BCUT2D eigenvalue weighted by molar-refractivity contribution is 5.74. The standard InChI is InChI=1S/C12H18N2O/c1-2-5-10-6-3-4-7-11(10)14-9-8-12(13)15/h3-4,6-7,14H,2,5,8-9H2,1H3,(H2,13,15). The Morgan fingerprint density at radius 3 is 2.80 bits per heavy atom. The third-order valence-electron chi connectivity index (χ3n) is 2.22. The lowest BCUT2D eigenvalue weighted by molar-refractivity contribution is -0.117. The van der Waals surface area contributed by atoms with Gasteiger partial charge in [0.1, 0.15) is 0 Å². The number of aryl methyl sites for hydroxylation is 1. The summed E-state index contributed by atoms with van der Waals surface area (Å²) in [5.41, 5.74) is 7.48. The average Bonchev–Trinajstić information content (AvgIpc) is 2.20. The van der Waals surface area contributed by atoms with Crippen molar-refractivity contribution in [2.75, 3.05) is 11.9 Å². The van der Waals surface area contributed by atoms with E-state index < -0.39 is 0 Å². The van der Waals surface area contributed by atoms with E-state index in [1.165, 1.54) is 5.56 Å². The van der Waals surface area contributed by atoms with Crippen LogP contribution in [0.25, 0.3) is 0 Å². The van der Waals surface area contributed by atoms with Gasteiger partial charge in [-0.1, -0.05) is 31.5 Å². The lowest BCUT2D eigenvalue weighted by Crippen LogP contribution is -2.16. The van der Waals surface area contributed by atoms with Gasteiger partial charge < -0.3 is 11.1 Å². The Hall–Kier alpha value is -1.51. The van der Waals surface area contributed by atoms with Crippen LogP contribution in [-0.2, 0) is 11.2 Å². The first-order valence-electron chi connectivity index (χ1n) is 5.34. The lowest BCUT2D eigenvalue weighted by Gasteiger charge is -2.10. The van der Waals surface area contributed by atoms with Gasteiger partial charge in [-0.05, 0) is 18.1 Å². The molecular weight excluding hydrogens is 188 g/mol. The van der Waals surface area contributed by atoms with Crippen LogP contribution in [0.5, 0.6) is 0 Å². The SMILES string of the molecule is CCCc1ccccc1NCCC(N)=O. The van der Waals surface area contributed by atoms with Crippen molar-refractivity contribution in [3.05, 3.63) is 29.8 Å². The third kappa shape index (κ3) is 4.02. The van der Waals surface area contributed by atoms with Gasteiger partial charge in [0.25, 0.3) is 0 Å². The first kappa shape index (κ1) is 11.6. The molecule has 0 aliphatic rings. The Morgan fingerprint density at radius 1 is 1.40 bits per heavy atom. The van der Waals surface area contributed by atoms with E-state index in [-0.39, 0.29) is 5.91 Å². The van der Waals surface area contributed by atoms with Crippen LogP contribution in [0.4, 0.5) is 5.69 Å². The maximum Gasteiger partial charge on any atom is 0.219 e. The molecular formula is C12H18N2O. The second-order valence-electron chi connectivity index (χ2n) is 3.55. The van der Waals surface area contributed by atoms with Crippen molar-refractivity contribution >= 4 is 11.6 Å². The van der Waals surface area contributed by atoms with Crippen molar-refractivity contribution in [3.8, 4) is 0 Å². The van der Waals surface area contributed by atoms with E-state index in [9.17, 15) is 4.79 Å². The number of hydrogen-bond donors (Lipinski definition) is 2. The van der Waals surface area contributed by atoms with Crippen LogP contribution in [-0.4, -0.2) is 12.5 Å². The van der Waals surface area contributed by atoms with Crippen LogP contribution in [0.1, 0.15) is 25.3 Å². The molecule has 0 saturated heterocycles. The Labute approximate surface area is 90.7 Å². The molecule has 3 heteroatoms. The Kier molecular flexibility index (Phi) is 4.68. The lowest BCUT2D eigenvalue weighted by atomic mass is 10.1. The van der Waals surface area contributed by atoms with Gasteiger partial charge in [0, 0.05) is 18.7 Å². The number of nitrogens with one attached hydrogen (secondary N) is 1. The van der Waals surface area contributed by atoms with Crippen molar-refractivity contribution in [2.45, 2.75) is 26.2 Å². The molecule has 0 radical (unpaired) electrons. The molecule has 0 aliphatic carbocycles. The topological polar surface area (TPSA) is 55.1 Å². The Balaban J connectivity index is 2.55. The molecule has 82 valence electrons. The maximum absolute atomic E-state index is 10.6. The van der Waals surface area contributed by atoms with E-state index in [2.05, 4.69) is 18.3 Å². The molecule has 0 unspecified atom stereocenters. The second-order valence-corrected chi connectivity index (χ2v) is 3.55. The minimum Gasteiger partial charge on any atom is -0.384 e. The fourth-order valence-electron chi connectivity index (χ4n) is 1.50. The van der Waals surface area contributed by atoms with Crippen molar-refractivity contribution in [2.24, 2.45) is 5.73 Å². The van der Waals surface area contributed by atoms with Crippen molar-refractivity contribution in [1.82, 2.24) is 0 Å². The highest BCUT2D eigenvalue weighted by Crippen LogP contribution is 2.16. The number of hydrogen-bond acceptors (Lipinski definition) is 2. The number of carbonyl (C=O) groups is 1. The minimum atomic E-state index is -0.268. The molecule has 0 bridgehead atoms. The number of amides is 1. The zero-order chi connectivity index (χ0) is 11.1. The van der Waals surface area contributed by atoms with Gasteiger partial charge in [0.05, 0.1) is 0 Å². The van der Waals surface area contributed by atoms with Crippen LogP contribution in [0.2, 0.25) is 0 Å². The first-order valence-corrected chi connectivity index (χ1v) is 5.34. The summed E-state index contributed by atoms with van der Waals surface area (Å²) < 4.78 is 0. The van der Waals surface area contributed by atoms with Gasteiger partial charge in [-0.15, -0.1) is 0 Å². The molecule has 0 aliphatic heterocycles. The molecule has 0 aromatic heterocycles. The number of para-hydroxylation sites is 1. The Morgan fingerprint density at radius 2 is 2.13 bits per heavy atom. The van der Waals surface area contributed by atoms with Gasteiger partial charge in [0.2, 0.25) is 5.91 Å². The van der Waals surface area contributed by atoms with Gasteiger partial charge in [-0.3, -0.25) is 4.79 Å². The molecule has 3 nitrogen and oxygen atoms in total. The summed E-state index contributed by atoms with van der Waals surface area (Å²) in [5.74, 6) is -0.268. The molecule has 0 spiro atoms. The zero-order valence-electron chi connectivity index (χ0n) is 9.12. The molecule has 0 heterocycles. The second kappa shape index (κ2) is 6.06. The van der Waals surface area contributed by atoms with E-state index >= 15 is 0 Å². The van der Waals surface area contributed by atoms with Crippen LogP contribution in [0.15, 0.2) is 24.3 Å². The molecule has 1 rings (SSSR count). The fraction of sp³-hybridized carbons (Fsp3) is 0.417. The number of nitrogens with two attached hydrogens (primary N) is 1. The van der Waals surface area contributed by atoms with E-state index in [1.807, 2.05) is 18.2 Å². The zero-order valence-corrected chi connectivity index (χ0v) is 9.12. The average molecular weight is 206 g/mol. The fourth-order valence-corrected chi connectivity index (χ4v) is 1.50. The smallest absolute Gasteiger partial charge is 0.219 e. The summed E-state index contributed by atoms with van der Waals surface area (Å²) in [6, 6.07) is 8.16.